The second-order valence-corrected chi connectivity index (χ2v) is 4.12. The third-order valence-electron chi connectivity index (χ3n) is 2.83. The van der Waals surface area contributed by atoms with Gasteiger partial charge in [0.15, 0.2) is 11.6 Å². The fourth-order valence-corrected chi connectivity index (χ4v) is 1.80. The Kier molecular flexibility index (Phi) is 3.84. The van der Waals surface area contributed by atoms with Crippen LogP contribution in [0.1, 0.15) is 15.9 Å². The van der Waals surface area contributed by atoms with Crippen molar-refractivity contribution in [2.45, 2.75) is 6.54 Å². The van der Waals surface area contributed by atoms with Crippen molar-refractivity contribution >= 4 is 5.97 Å². The molecule has 104 valence electrons. The van der Waals surface area contributed by atoms with Crippen LogP contribution in [-0.4, -0.2) is 22.8 Å². The number of hydrogen-bond donors (Lipinski definition) is 1. The number of ether oxygens (including phenoxy) is 1. The van der Waals surface area contributed by atoms with Crippen LogP contribution in [0, 0.1) is 5.82 Å². The molecule has 2 aromatic rings. The van der Waals surface area contributed by atoms with E-state index in [4.69, 9.17) is 9.84 Å². The number of carboxylic acids is 1. The van der Waals surface area contributed by atoms with E-state index in [1.807, 2.05) is 0 Å². The van der Waals surface area contributed by atoms with Crippen LogP contribution in [-0.2, 0) is 6.54 Å². The van der Waals surface area contributed by atoms with Gasteiger partial charge in [0.05, 0.1) is 19.2 Å². The smallest absolute Gasteiger partial charge is 0.337 e. The highest BCUT2D eigenvalue weighted by atomic mass is 19.1. The zero-order valence-corrected chi connectivity index (χ0v) is 10.7. The van der Waals surface area contributed by atoms with E-state index in [-0.39, 0.29) is 23.4 Å². The lowest BCUT2D eigenvalue weighted by Gasteiger charge is -2.09. The zero-order chi connectivity index (χ0) is 14.7. The van der Waals surface area contributed by atoms with Crippen molar-refractivity contribution in [3.05, 3.63) is 63.8 Å². The Balaban J connectivity index is 2.42. The first-order valence-corrected chi connectivity index (χ1v) is 5.78. The summed E-state index contributed by atoms with van der Waals surface area (Å²) in [5.74, 6) is -1.64. The van der Waals surface area contributed by atoms with Gasteiger partial charge in [-0.2, -0.15) is 0 Å². The molecule has 0 saturated heterocycles. The normalized spacial score (nSPS) is 10.3. The van der Waals surface area contributed by atoms with E-state index in [1.165, 1.54) is 31.5 Å². The fourth-order valence-electron chi connectivity index (χ4n) is 1.80. The standard InChI is InChI=1S/C14H12FNO4/c1-20-11-4-2-3-9(13(11)15)7-16-8-10(14(18)19)5-6-12(16)17/h2-6,8H,7H2,1H3,(H,18,19). The molecule has 0 amide bonds. The third kappa shape index (κ3) is 2.69. The highest BCUT2D eigenvalue weighted by Crippen LogP contribution is 2.20. The van der Waals surface area contributed by atoms with E-state index in [1.54, 1.807) is 6.07 Å². The first kappa shape index (κ1) is 13.8. The molecule has 0 fully saturated rings. The Bertz CT molecular complexity index is 709. The summed E-state index contributed by atoms with van der Waals surface area (Å²) in [5, 5.41) is 8.89. The highest BCUT2D eigenvalue weighted by molar-refractivity contribution is 5.87. The van der Waals surface area contributed by atoms with Gasteiger partial charge in [-0.3, -0.25) is 4.79 Å². The second-order valence-electron chi connectivity index (χ2n) is 4.12. The molecule has 1 N–H and O–H groups in total. The molecule has 20 heavy (non-hydrogen) atoms. The van der Waals surface area contributed by atoms with Gasteiger partial charge in [-0.1, -0.05) is 12.1 Å². The number of aromatic nitrogens is 1. The maximum Gasteiger partial charge on any atom is 0.337 e. The summed E-state index contributed by atoms with van der Waals surface area (Å²) in [6, 6.07) is 6.93. The number of nitrogens with zero attached hydrogens (tertiary/aromatic N) is 1. The largest absolute Gasteiger partial charge is 0.494 e. The van der Waals surface area contributed by atoms with Crippen LogP contribution >= 0.6 is 0 Å². The van der Waals surface area contributed by atoms with E-state index < -0.39 is 17.3 Å². The van der Waals surface area contributed by atoms with Crippen LogP contribution in [0.15, 0.2) is 41.3 Å². The van der Waals surface area contributed by atoms with Gasteiger partial charge in [-0.15, -0.1) is 0 Å². The van der Waals surface area contributed by atoms with Gasteiger partial charge < -0.3 is 14.4 Å². The summed E-state index contributed by atoms with van der Waals surface area (Å²) in [7, 11) is 1.35. The van der Waals surface area contributed by atoms with Crippen LogP contribution in [0.5, 0.6) is 5.75 Å². The van der Waals surface area contributed by atoms with Gasteiger partial charge in [0.2, 0.25) is 0 Å². The van der Waals surface area contributed by atoms with Crippen LogP contribution in [0.3, 0.4) is 0 Å². The minimum absolute atomic E-state index is 0.0343. The average molecular weight is 277 g/mol. The number of benzene rings is 1. The van der Waals surface area contributed by atoms with Crippen molar-refractivity contribution in [3.8, 4) is 5.75 Å². The van der Waals surface area contributed by atoms with E-state index in [0.717, 1.165) is 10.6 Å². The predicted octanol–water partition coefficient (Wildman–Crippen LogP) is 1.74. The first-order chi connectivity index (χ1) is 9.52. The summed E-state index contributed by atoms with van der Waals surface area (Å²) in [6.07, 6.45) is 1.18. The molecule has 0 saturated carbocycles. The molecule has 1 aromatic heterocycles. The number of hydrogen-bond acceptors (Lipinski definition) is 3. The number of rotatable bonds is 4. The Labute approximate surface area is 113 Å². The fraction of sp³-hybridized carbons (Fsp3) is 0.143. The average Bonchev–Trinajstić information content (AvgIpc) is 2.43. The van der Waals surface area contributed by atoms with Gasteiger partial charge in [0.1, 0.15) is 0 Å². The molecule has 0 spiro atoms. The van der Waals surface area contributed by atoms with Crippen molar-refractivity contribution in [1.29, 1.82) is 0 Å². The van der Waals surface area contributed by atoms with Gasteiger partial charge in [0.25, 0.3) is 5.56 Å². The lowest BCUT2D eigenvalue weighted by molar-refractivity contribution is 0.0696. The summed E-state index contributed by atoms with van der Waals surface area (Å²) < 4.78 is 20.0. The molecule has 0 atom stereocenters. The molecule has 5 nitrogen and oxygen atoms in total. The van der Waals surface area contributed by atoms with Crippen LogP contribution < -0.4 is 10.3 Å². The molecule has 2 rings (SSSR count). The number of pyridine rings is 1. The topological polar surface area (TPSA) is 68.5 Å². The Morgan fingerprint density at radius 1 is 1.35 bits per heavy atom. The van der Waals surface area contributed by atoms with Crippen molar-refractivity contribution in [3.63, 3.8) is 0 Å². The van der Waals surface area contributed by atoms with E-state index in [0.29, 0.717) is 0 Å². The maximum absolute atomic E-state index is 14.0. The Morgan fingerprint density at radius 2 is 2.10 bits per heavy atom. The number of aromatic carboxylic acids is 1. The molecule has 0 aliphatic heterocycles. The quantitative estimate of drug-likeness (QED) is 0.924. The molecule has 0 bridgehead atoms. The van der Waals surface area contributed by atoms with Gasteiger partial charge in [0, 0.05) is 17.8 Å². The summed E-state index contributed by atoms with van der Waals surface area (Å²) in [4.78, 5) is 22.6. The van der Waals surface area contributed by atoms with Crippen molar-refractivity contribution < 1.29 is 19.0 Å². The Morgan fingerprint density at radius 3 is 2.75 bits per heavy atom. The maximum atomic E-state index is 14.0. The van der Waals surface area contributed by atoms with Crippen LogP contribution in [0.4, 0.5) is 4.39 Å². The molecule has 0 aliphatic rings. The lowest BCUT2D eigenvalue weighted by Crippen LogP contribution is -2.21. The molecule has 0 radical (unpaired) electrons. The minimum Gasteiger partial charge on any atom is -0.494 e. The number of halogens is 1. The molecule has 0 unspecified atom stereocenters. The molecule has 6 heteroatoms. The molecular weight excluding hydrogens is 265 g/mol. The van der Waals surface area contributed by atoms with Crippen LogP contribution in [0.25, 0.3) is 0 Å². The summed E-state index contributed by atoms with van der Waals surface area (Å²) in [6.45, 7) is -0.0665. The van der Waals surface area contributed by atoms with E-state index in [9.17, 15) is 14.0 Å². The first-order valence-electron chi connectivity index (χ1n) is 5.78. The van der Waals surface area contributed by atoms with Crippen molar-refractivity contribution in [2.75, 3.05) is 7.11 Å². The Hall–Kier alpha value is -2.63. The zero-order valence-electron chi connectivity index (χ0n) is 10.7. The lowest BCUT2D eigenvalue weighted by atomic mass is 10.2. The number of carboxylic acid groups (broad SMARTS) is 1. The van der Waals surface area contributed by atoms with Crippen molar-refractivity contribution in [1.82, 2.24) is 4.57 Å². The minimum atomic E-state index is -1.15. The predicted molar refractivity (Wildman–Crippen MR) is 69.7 cm³/mol. The van der Waals surface area contributed by atoms with E-state index in [2.05, 4.69) is 0 Å². The third-order valence-corrected chi connectivity index (χ3v) is 2.83. The molecular formula is C14H12FNO4. The second kappa shape index (κ2) is 5.56. The number of methoxy groups -OCH3 is 1. The molecule has 1 aromatic carbocycles. The summed E-state index contributed by atoms with van der Waals surface area (Å²) >= 11 is 0. The van der Waals surface area contributed by atoms with Crippen molar-refractivity contribution in [2.24, 2.45) is 0 Å². The molecule has 0 aliphatic carbocycles. The van der Waals surface area contributed by atoms with Gasteiger partial charge in [-0.25, -0.2) is 9.18 Å². The van der Waals surface area contributed by atoms with Gasteiger partial charge in [-0.05, 0) is 12.1 Å². The SMILES string of the molecule is COc1cccc(Cn2cc(C(=O)O)ccc2=O)c1F. The molecule has 1 heterocycles. The number of carbonyl (C=O) groups is 1. The summed E-state index contributed by atoms with van der Waals surface area (Å²) in [5.41, 5.74) is -0.195. The van der Waals surface area contributed by atoms with Crippen LogP contribution in [0.2, 0.25) is 0 Å². The highest BCUT2D eigenvalue weighted by Gasteiger charge is 2.11. The monoisotopic (exact) mass is 277 g/mol. The van der Waals surface area contributed by atoms with Gasteiger partial charge >= 0.3 is 5.97 Å². The van der Waals surface area contributed by atoms with E-state index >= 15 is 0 Å².